The summed E-state index contributed by atoms with van der Waals surface area (Å²) in [6.07, 6.45) is 2.87. The van der Waals surface area contributed by atoms with E-state index < -0.39 is 0 Å². The number of anilines is 1. The second-order valence-corrected chi connectivity index (χ2v) is 6.42. The van der Waals surface area contributed by atoms with E-state index in [1.807, 2.05) is 41.3 Å². The van der Waals surface area contributed by atoms with Crippen molar-refractivity contribution >= 4 is 11.6 Å². The number of carbonyl (C=O) groups excluding carboxylic acids is 1. The molecule has 25 heavy (non-hydrogen) atoms. The molecule has 1 atom stereocenters. The van der Waals surface area contributed by atoms with Crippen LogP contribution in [0, 0.1) is 17.4 Å². The minimum Gasteiger partial charge on any atom is -0.490 e. The summed E-state index contributed by atoms with van der Waals surface area (Å²) in [6, 6.07) is 16.1. The zero-order chi connectivity index (χ0) is 17.2. The molecule has 2 aromatic carbocycles. The monoisotopic (exact) mass is 333 g/mol. The third-order valence-electron chi connectivity index (χ3n) is 4.88. The SMILES string of the molecule is N#CN1CCC(C(=O)N2CCOc3cc(-c4ccccc4)ccc32)C1. The fraction of sp³-hybridized carbons (Fsp3) is 0.300. The topological polar surface area (TPSA) is 56.6 Å². The zero-order valence-electron chi connectivity index (χ0n) is 13.9. The van der Waals surface area contributed by atoms with E-state index in [0.717, 1.165) is 29.0 Å². The number of likely N-dealkylation sites (tertiary alicyclic amines) is 1. The van der Waals surface area contributed by atoms with Crippen LogP contribution in [0.1, 0.15) is 6.42 Å². The summed E-state index contributed by atoms with van der Waals surface area (Å²) in [4.78, 5) is 16.4. The molecule has 0 saturated carbocycles. The van der Waals surface area contributed by atoms with Gasteiger partial charge in [-0.05, 0) is 29.7 Å². The summed E-state index contributed by atoms with van der Waals surface area (Å²) < 4.78 is 5.81. The minimum absolute atomic E-state index is 0.0924. The lowest BCUT2D eigenvalue weighted by Gasteiger charge is -2.31. The lowest BCUT2D eigenvalue weighted by atomic mass is 10.0. The number of fused-ring (bicyclic) bond motifs is 1. The van der Waals surface area contributed by atoms with Crippen molar-refractivity contribution in [2.24, 2.45) is 5.92 Å². The Balaban J connectivity index is 1.60. The Morgan fingerprint density at radius 1 is 1.12 bits per heavy atom. The molecule has 2 aliphatic heterocycles. The van der Waals surface area contributed by atoms with Gasteiger partial charge < -0.3 is 14.5 Å². The second-order valence-electron chi connectivity index (χ2n) is 6.42. The summed E-state index contributed by atoms with van der Waals surface area (Å²) in [5.41, 5.74) is 3.02. The zero-order valence-corrected chi connectivity index (χ0v) is 13.9. The van der Waals surface area contributed by atoms with Crippen LogP contribution in [0.2, 0.25) is 0 Å². The first-order valence-corrected chi connectivity index (χ1v) is 8.54. The molecule has 0 spiro atoms. The van der Waals surface area contributed by atoms with Crippen LogP contribution in [0.3, 0.4) is 0 Å². The standard InChI is InChI=1S/C20H19N3O2/c21-14-22-9-8-17(13-22)20(24)23-10-11-25-19-12-16(6-7-18(19)23)15-4-2-1-3-5-15/h1-7,12,17H,8-11,13H2. The van der Waals surface area contributed by atoms with Gasteiger partial charge in [-0.1, -0.05) is 36.4 Å². The maximum absolute atomic E-state index is 12.9. The lowest BCUT2D eigenvalue weighted by Crippen LogP contribution is -2.42. The van der Waals surface area contributed by atoms with Crippen LogP contribution >= 0.6 is 0 Å². The van der Waals surface area contributed by atoms with Crippen molar-refractivity contribution in [3.63, 3.8) is 0 Å². The van der Waals surface area contributed by atoms with Crippen molar-refractivity contribution in [3.8, 4) is 23.1 Å². The molecular weight excluding hydrogens is 314 g/mol. The van der Waals surface area contributed by atoms with Crippen molar-refractivity contribution in [1.29, 1.82) is 5.26 Å². The molecule has 1 amide bonds. The molecule has 2 aromatic rings. The number of amides is 1. The van der Waals surface area contributed by atoms with Crippen LogP contribution in [0.15, 0.2) is 48.5 Å². The van der Waals surface area contributed by atoms with E-state index in [-0.39, 0.29) is 11.8 Å². The number of hydrogen-bond donors (Lipinski definition) is 0. The summed E-state index contributed by atoms with van der Waals surface area (Å²) >= 11 is 0. The summed E-state index contributed by atoms with van der Waals surface area (Å²) in [7, 11) is 0. The fourth-order valence-electron chi connectivity index (χ4n) is 3.53. The third-order valence-corrected chi connectivity index (χ3v) is 4.88. The number of carbonyl (C=O) groups is 1. The number of nitrogens with zero attached hydrogens (tertiary/aromatic N) is 3. The second kappa shape index (κ2) is 6.48. The normalized spacial score (nSPS) is 19.1. The number of nitriles is 1. The van der Waals surface area contributed by atoms with Crippen LogP contribution in [-0.2, 0) is 4.79 Å². The molecule has 0 aromatic heterocycles. The van der Waals surface area contributed by atoms with Gasteiger partial charge in [0.15, 0.2) is 6.19 Å². The Morgan fingerprint density at radius 2 is 1.96 bits per heavy atom. The smallest absolute Gasteiger partial charge is 0.232 e. The van der Waals surface area contributed by atoms with Gasteiger partial charge in [-0.2, -0.15) is 5.26 Å². The molecule has 1 saturated heterocycles. The van der Waals surface area contributed by atoms with E-state index >= 15 is 0 Å². The van der Waals surface area contributed by atoms with E-state index in [0.29, 0.717) is 26.2 Å². The van der Waals surface area contributed by atoms with Crippen molar-refractivity contribution in [2.75, 3.05) is 31.1 Å². The molecule has 4 rings (SSSR count). The molecule has 1 fully saturated rings. The highest BCUT2D eigenvalue weighted by molar-refractivity contribution is 5.97. The van der Waals surface area contributed by atoms with E-state index in [2.05, 4.69) is 18.3 Å². The molecule has 1 unspecified atom stereocenters. The Hall–Kier alpha value is -3.00. The van der Waals surface area contributed by atoms with Gasteiger partial charge in [-0.3, -0.25) is 4.79 Å². The van der Waals surface area contributed by atoms with Gasteiger partial charge in [0, 0.05) is 13.1 Å². The molecule has 0 radical (unpaired) electrons. The van der Waals surface area contributed by atoms with Gasteiger partial charge in [0.1, 0.15) is 12.4 Å². The van der Waals surface area contributed by atoms with Gasteiger partial charge in [0.25, 0.3) is 0 Å². The third kappa shape index (κ3) is 2.91. The Labute approximate surface area is 147 Å². The first-order chi connectivity index (χ1) is 12.3. The first kappa shape index (κ1) is 15.5. The van der Waals surface area contributed by atoms with Gasteiger partial charge in [0.2, 0.25) is 5.91 Å². The highest BCUT2D eigenvalue weighted by atomic mass is 16.5. The quantitative estimate of drug-likeness (QED) is 0.793. The average Bonchev–Trinajstić information content (AvgIpc) is 3.16. The van der Waals surface area contributed by atoms with Crippen LogP contribution in [0.5, 0.6) is 5.75 Å². The molecule has 0 aliphatic carbocycles. The molecule has 126 valence electrons. The molecule has 5 nitrogen and oxygen atoms in total. The maximum atomic E-state index is 12.9. The van der Waals surface area contributed by atoms with Crippen molar-refractivity contribution in [1.82, 2.24) is 4.90 Å². The average molecular weight is 333 g/mol. The number of rotatable bonds is 2. The Morgan fingerprint density at radius 3 is 2.72 bits per heavy atom. The Bertz CT molecular complexity index is 829. The highest BCUT2D eigenvalue weighted by Crippen LogP contribution is 2.37. The molecule has 2 aliphatic rings. The van der Waals surface area contributed by atoms with Crippen molar-refractivity contribution in [2.45, 2.75) is 6.42 Å². The number of ether oxygens (including phenoxy) is 1. The predicted octanol–water partition coefficient (Wildman–Crippen LogP) is 2.88. The van der Waals surface area contributed by atoms with Crippen LogP contribution in [-0.4, -0.2) is 37.0 Å². The highest BCUT2D eigenvalue weighted by Gasteiger charge is 2.34. The predicted molar refractivity (Wildman–Crippen MR) is 95.0 cm³/mol. The van der Waals surface area contributed by atoms with E-state index in [9.17, 15) is 4.79 Å². The summed E-state index contributed by atoms with van der Waals surface area (Å²) in [5.74, 6) is 0.727. The van der Waals surface area contributed by atoms with Gasteiger partial charge in [-0.25, -0.2) is 0 Å². The van der Waals surface area contributed by atoms with E-state index in [1.165, 1.54) is 0 Å². The Kier molecular flexibility index (Phi) is 4.02. The van der Waals surface area contributed by atoms with Crippen molar-refractivity contribution in [3.05, 3.63) is 48.5 Å². The molecule has 2 heterocycles. The van der Waals surface area contributed by atoms with Crippen molar-refractivity contribution < 1.29 is 9.53 Å². The molecule has 0 N–H and O–H groups in total. The largest absolute Gasteiger partial charge is 0.490 e. The summed E-state index contributed by atoms with van der Waals surface area (Å²) in [6.45, 7) is 2.23. The van der Waals surface area contributed by atoms with Gasteiger partial charge >= 0.3 is 0 Å². The van der Waals surface area contributed by atoms with E-state index in [4.69, 9.17) is 10.00 Å². The molecular formula is C20H19N3O2. The summed E-state index contributed by atoms with van der Waals surface area (Å²) in [5, 5.41) is 9.00. The van der Waals surface area contributed by atoms with E-state index in [1.54, 1.807) is 4.90 Å². The van der Waals surface area contributed by atoms with Crippen LogP contribution in [0.4, 0.5) is 5.69 Å². The molecule has 0 bridgehead atoms. The first-order valence-electron chi connectivity index (χ1n) is 8.54. The number of hydrogen-bond acceptors (Lipinski definition) is 4. The van der Waals surface area contributed by atoms with Gasteiger partial charge in [-0.15, -0.1) is 0 Å². The lowest BCUT2D eigenvalue weighted by molar-refractivity contribution is -0.122. The fourth-order valence-corrected chi connectivity index (χ4v) is 3.53. The minimum atomic E-state index is -0.112. The van der Waals surface area contributed by atoms with Crippen LogP contribution < -0.4 is 9.64 Å². The van der Waals surface area contributed by atoms with Crippen LogP contribution in [0.25, 0.3) is 11.1 Å². The maximum Gasteiger partial charge on any atom is 0.232 e. The molecule has 5 heteroatoms. The van der Waals surface area contributed by atoms with Gasteiger partial charge in [0.05, 0.1) is 18.2 Å². The number of benzene rings is 2.